The van der Waals surface area contributed by atoms with Gasteiger partial charge in [-0.2, -0.15) is 4.39 Å². The molecule has 0 radical (unpaired) electrons. The van der Waals surface area contributed by atoms with Crippen LogP contribution in [-0.4, -0.2) is 22.0 Å². The Kier molecular flexibility index (Phi) is 4.09. The standard InChI is InChI=1S/C13H8BrFN2O3/c14-9-3-8(13(19)20)4-10(5-9)17-12(18)7-1-2-11(15)16-6-7/h1-6H,(H,17,18)(H,19,20). The molecule has 2 aromatic rings. The Morgan fingerprint density at radius 1 is 1.20 bits per heavy atom. The summed E-state index contributed by atoms with van der Waals surface area (Å²) in [5, 5.41) is 11.4. The summed E-state index contributed by atoms with van der Waals surface area (Å²) >= 11 is 3.16. The van der Waals surface area contributed by atoms with Gasteiger partial charge in [-0.05, 0) is 30.3 Å². The van der Waals surface area contributed by atoms with Crippen molar-refractivity contribution in [2.75, 3.05) is 5.32 Å². The second-order valence-electron chi connectivity index (χ2n) is 3.86. The van der Waals surface area contributed by atoms with E-state index >= 15 is 0 Å². The Hall–Kier alpha value is -2.28. The molecule has 102 valence electrons. The summed E-state index contributed by atoms with van der Waals surface area (Å²) in [5.41, 5.74) is 0.515. The Morgan fingerprint density at radius 3 is 2.55 bits per heavy atom. The number of amides is 1. The van der Waals surface area contributed by atoms with Gasteiger partial charge in [0, 0.05) is 16.4 Å². The number of pyridine rings is 1. The molecular weight excluding hydrogens is 331 g/mol. The van der Waals surface area contributed by atoms with Crippen molar-refractivity contribution >= 4 is 33.5 Å². The minimum atomic E-state index is -1.11. The summed E-state index contributed by atoms with van der Waals surface area (Å²) in [7, 11) is 0. The van der Waals surface area contributed by atoms with Gasteiger partial charge in [0.25, 0.3) is 5.91 Å². The smallest absolute Gasteiger partial charge is 0.335 e. The summed E-state index contributed by atoms with van der Waals surface area (Å²) in [4.78, 5) is 26.2. The van der Waals surface area contributed by atoms with E-state index in [9.17, 15) is 14.0 Å². The quantitative estimate of drug-likeness (QED) is 0.843. The average Bonchev–Trinajstić information content (AvgIpc) is 2.38. The van der Waals surface area contributed by atoms with Crippen LogP contribution >= 0.6 is 15.9 Å². The fourth-order valence-electron chi connectivity index (χ4n) is 1.50. The SMILES string of the molecule is O=C(O)c1cc(Br)cc(NC(=O)c2ccc(F)nc2)c1. The summed E-state index contributed by atoms with van der Waals surface area (Å²) in [6.07, 6.45) is 1.10. The molecule has 0 unspecified atom stereocenters. The molecule has 0 aliphatic heterocycles. The first kappa shape index (κ1) is 14.1. The Bertz CT molecular complexity index is 674. The van der Waals surface area contributed by atoms with Gasteiger partial charge in [0.1, 0.15) is 0 Å². The molecule has 1 aromatic heterocycles. The molecule has 1 amide bonds. The number of carboxylic acid groups (broad SMARTS) is 1. The lowest BCUT2D eigenvalue weighted by atomic mass is 10.2. The minimum Gasteiger partial charge on any atom is -0.478 e. The van der Waals surface area contributed by atoms with E-state index in [4.69, 9.17) is 5.11 Å². The normalized spacial score (nSPS) is 10.1. The second kappa shape index (κ2) is 5.79. The molecule has 0 saturated heterocycles. The molecule has 0 saturated carbocycles. The molecule has 7 heteroatoms. The third-order valence-corrected chi connectivity index (χ3v) is 2.85. The number of benzene rings is 1. The van der Waals surface area contributed by atoms with Crippen LogP contribution in [0.15, 0.2) is 41.0 Å². The topological polar surface area (TPSA) is 79.3 Å². The lowest BCUT2D eigenvalue weighted by molar-refractivity contribution is 0.0696. The van der Waals surface area contributed by atoms with E-state index in [1.807, 2.05) is 0 Å². The van der Waals surface area contributed by atoms with Crippen LogP contribution in [0, 0.1) is 5.95 Å². The number of carbonyl (C=O) groups is 2. The zero-order valence-corrected chi connectivity index (χ0v) is 11.5. The maximum absolute atomic E-state index is 12.7. The third kappa shape index (κ3) is 3.39. The number of hydrogen-bond donors (Lipinski definition) is 2. The third-order valence-electron chi connectivity index (χ3n) is 2.39. The van der Waals surface area contributed by atoms with E-state index < -0.39 is 17.8 Å². The van der Waals surface area contributed by atoms with Gasteiger partial charge in [0.2, 0.25) is 5.95 Å². The fourth-order valence-corrected chi connectivity index (χ4v) is 1.99. The van der Waals surface area contributed by atoms with Crippen LogP contribution in [0.25, 0.3) is 0 Å². The van der Waals surface area contributed by atoms with E-state index in [2.05, 4.69) is 26.2 Å². The van der Waals surface area contributed by atoms with Crippen LogP contribution in [0.2, 0.25) is 0 Å². The van der Waals surface area contributed by atoms with E-state index in [1.54, 1.807) is 6.07 Å². The molecule has 0 bridgehead atoms. The Morgan fingerprint density at radius 2 is 1.95 bits per heavy atom. The van der Waals surface area contributed by atoms with Gasteiger partial charge in [0.15, 0.2) is 0 Å². The maximum Gasteiger partial charge on any atom is 0.335 e. The molecule has 5 nitrogen and oxygen atoms in total. The zero-order chi connectivity index (χ0) is 14.7. The molecule has 0 atom stereocenters. The van der Waals surface area contributed by atoms with Crippen molar-refractivity contribution in [3.63, 3.8) is 0 Å². The Labute approximate surface area is 121 Å². The number of nitrogens with zero attached hydrogens (tertiary/aromatic N) is 1. The van der Waals surface area contributed by atoms with Gasteiger partial charge in [-0.3, -0.25) is 4.79 Å². The first-order valence-corrected chi connectivity index (χ1v) is 6.22. The molecule has 0 aliphatic carbocycles. The molecule has 0 aliphatic rings. The van der Waals surface area contributed by atoms with Gasteiger partial charge in [-0.1, -0.05) is 15.9 Å². The summed E-state index contributed by atoms with van der Waals surface area (Å²) < 4.78 is 13.2. The van der Waals surface area contributed by atoms with Gasteiger partial charge in [-0.25, -0.2) is 9.78 Å². The average molecular weight is 339 g/mol. The van der Waals surface area contributed by atoms with E-state index in [0.29, 0.717) is 10.2 Å². The van der Waals surface area contributed by atoms with Crippen molar-refractivity contribution in [3.05, 3.63) is 58.1 Å². The second-order valence-corrected chi connectivity index (χ2v) is 4.77. The summed E-state index contributed by atoms with van der Waals surface area (Å²) in [6, 6.07) is 6.65. The van der Waals surface area contributed by atoms with Gasteiger partial charge >= 0.3 is 5.97 Å². The number of rotatable bonds is 3. The van der Waals surface area contributed by atoms with Crippen LogP contribution in [0.4, 0.5) is 10.1 Å². The molecule has 2 N–H and O–H groups in total. The summed E-state index contributed by atoms with van der Waals surface area (Å²) in [6.45, 7) is 0. The largest absolute Gasteiger partial charge is 0.478 e. The first-order chi connectivity index (χ1) is 9.45. The van der Waals surface area contributed by atoms with Gasteiger partial charge in [0.05, 0.1) is 11.1 Å². The predicted octanol–water partition coefficient (Wildman–Crippen LogP) is 2.93. The molecule has 1 heterocycles. The number of anilines is 1. The number of carbonyl (C=O) groups excluding carboxylic acids is 1. The highest BCUT2D eigenvalue weighted by Crippen LogP contribution is 2.20. The number of aromatic nitrogens is 1. The van der Waals surface area contributed by atoms with Crippen molar-refractivity contribution < 1.29 is 19.1 Å². The number of halogens is 2. The van der Waals surface area contributed by atoms with Crippen LogP contribution in [-0.2, 0) is 0 Å². The van der Waals surface area contributed by atoms with Crippen LogP contribution in [0.3, 0.4) is 0 Å². The number of aromatic carboxylic acids is 1. The van der Waals surface area contributed by atoms with Crippen molar-refractivity contribution in [2.45, 2.75) is 0 Å². The number of carboxylic acids is 1. The molecule has 0 spiro atoms. The van der Waals surface area contributed by atoms with Crippen molar-refractivity contribution in [1.29, 1.82) is 0 Å². The lowest BCUT2D eigenvalue weighted by Gasteiger charge is -2.07. The molecule has 1 aromatic carbocycles. The van der Waals surface area contributed by atoms with E-state index in [1.165, 1.54) is 18.2 Å². The van der Waals surface area contributed by atoms with Crippen LogP contribution < -0.4 is 5.32 Å². The minimum absolute atomic E-state index is 0.0342. The van der Waals surface area contributed by atoms with Crippen molar-refractivity contribution in [1.82, 2.24) is 4.98 Å². The molecule has 2 rings (SSSR count). The van der Waals surface area contributed by atoms with Crippen molar-refractivity contribution in [3.8, 4) is 0 Å². The molecule has 0 fully saturated rings. The van der Waals surface area contributed by atoms with Crippen LogP contribution in [0.1, 0.15) is 20.7 Å². The monoisotopic (exact) mass is 338 g/mol. The maximum atomic E-state index is 12.7. The number of hydrogen-bond acceptors (Lipinski definition) is 3. The predicted molar refractivity (Wildman–Crippen MR) is 73.2 cm³/mol. The van der Waals surface area contributed by atoms with Crippen LogP contribution in [0.5, 0.6) is 0 Å². The molecular formula is C13H8BrFN2O3. The highest BCUT2D eigenvalue weighted by atomic mass is 79.9. The van der Waals surface area contributed by atoms with E-state index in [0.717, 1.165) is 12.3 Å². The zero-order valence-electron chi connectivity index (χ0n) is 9.93. The highest BCUT2D eigenvalue weighted by Gasteiger charge is 2.10. The Balaban J connectivity index is 2.23. The number of nitrogens with one attached hydrogen (secondary N) is 1. The van der Waals surface area contributed by atoms with Gasteiger partial charge in [-0.15, -0.1) is 0 Å². The lowest BCUT2D eigenvalue weighted by Crippen LogP contribution is -2.13. The first-order valence-electron chi connectivity index (χ1n) is 5.42. The van der Waals surface area contributed by atoms with E-state index in [-0.39, 0.29) is 11.1 Å². The highest BCUT2D eigenvalue weighted by molar-refractivity contribution is 9.10. The van der Waals surface area contributed by atoms with Crippen molar-refractivity contribution in [2.24, 2.45) is 0 Å². The summed E-state index contributed by atoms with van der Waals surface area (Å²) in [5.74, 6) is -2.30. The fraction of sp³-hybridized carbons (Fsp3) is 0. The van der Waals surface area contributed by atoms with Gasteiger partial charge < -0.3 is 10.4 Å². The molecule has 20 heavy (non-hydrogen) atoms.